The van der Waals surface area contributed by atoms with E-state index >= 15 is 0 Å². The molecule has 1 aromatic carbocycles. The van der Waals surface area contributed by atoms with Gasteiger partial charge in [0, 0.05) is 24.2 Å². The van der Waals surface area contributed by atoms with Gasteiger partial charge >= 0.3 is 0 Å². The van der Waals surface area contributed by atoms with E-state index < -0.39 is 0 Å². The average Bonchev–Trinajstić information content (AvgIpc) is 2.41. The van der Waals surface area contributed by atoms with E-state index in [1.54, 1.807) is 0 Å². The first-order valence-corrected chi connectivity index (χ1v) is 6.82. The number of Topliss-reactive ketones (excluding diaryl/α,β-unsaturated/α-hetero) is 1. The molecule has 0 amide bonds. The number of benzene rings is 1. The van der Waals surface area contributed by atoms with Crippen molar-refractivity contribution in [2.24, 2.45) is 0 Å². The van der Waals surface area contributed by atoms with Crippen LogP contribution in [-0.4, -0.2) is 10.8 Å². The molecule has 1 aromatic heterocycles. The minimum atomic E-state index is 0.0869. The number of rotatable bonds is 4. The Hall–Kier alpha value is -1.96. The van der Waals surface area contributed by atoms with E-state index in [0.717, 1.165) is 18.5 Å². The van der Waals surface area contributed by atoms with Gasteiger partial charge in [-0.05, 0) is 35.6 Å². The summed E-state index contributed by atoms with van der Waals surface area (Å²) in [6, 6.07) is 12.2. The molecule has 1 heterocycles. The molecule has 2 aromatic rings. The molecule has 0 N–H and O–H groups in total. The molecule has 0 spiro atoms. The SMILES string of the molecule is CCc1ccc(CC(=O)C2Cc3ccccc32)nc1. The molecule has 3 rings (SSSR count). The van der Waals surface area contributed by atoms with Gasteiger partial charge in [0.1, 0.15) is 5.78 Å². The average molecular weight is 251 g/mol. The van der Waals surface area contributed by atoms with Gasteiger partial charge in [-0.15, -0.1) is 0 Å². The largest absolute Gasteiger partial charge is 0.299 e. The molecule has 1 unspecified atom stereocenters. The van der Waals surface area contributed by atoms with E-state index in [2.05, 4.69) is 30.1 Å². The Balaban J connectivity index is 1.69. The maximum Gasteiger partial charge on any atom is 0.146 e. The first-order valence-electron chi connectivity index (χ1n) is 6.82. The van der Waals surface area contributed by atoms with Crippen molar-refractivity contribution in [3.8, 4) is 0 Å². The van der Waals surface area contributed by atoms with Crippen molar-refractivity contribution in [1.29, 1.82) is 0 Å². The van der Waals surface area contributed by atoms with Gasteiger partial charge in [-0.2, -0.15) is 0 Å². The molecule has 0 saturated carbocycles. The second-order valence-electron chi connectivity index (χ2n) is 5.11. The normalized spacial score (nSPS) is 16.6. The molecule has 1 atom stereocenters. The van der Waals surface area contributed by atoms with Crippen molar-refractivity contribution in [2.75, 3.05) is 0 Å². The van der Waals surface area contributed by atoms with Gasteiger partial charge in [-0.1, -0.05) is 37.3 Å². The third kappa shape index (κ3) is 2.30. The molecule has 0 radical (unpaired) electrons. The molecule has 2 nitrogen and oxygen atoms in total. The summed E-state index contributed by atoms with van der Waals surface area (Å²) in [7, 11) is 0. The minimum Gasteiger partial charge on any atom is -0.299 e. The highest BCUT2D eigenvalue weighted by atomic mass is 16.1. The molecule has 0 bridgehead atoms. The summed E-state index contributed by atoms with van der Waals surface area (Å²) < 4.78 is 0. The maximum absolute atomic E-state index is 12.3. The summed E-state index contributed by atoms with van der Waals surface area (Å²) in [5.74, 6) is 0.374. The van der Waals surface area contributed by atoms with E-state index in [4.69, 9.17) is 0 Å². The zero-order valence-corrected chi connectivity index (χ0v) is 11.1. The van der Waals surface area contributed by atoms with Crippen molar-refractivity contribution < 1.29 is 4.79 Å². The van der Waals surface area contributed by atoms with Gasteiger partial charge in [0.2, 0.25) is 0 Å². The van der Waals surface area contributed by atoms with Gasteiger partial charge in [-0.25, -0.2) is 0 Å². The van der Waals surface area contributed by atoms with E-state index in [1.807, 2.05) is 24.4 Å². The minimum absolute atomic E-state index is 0.0869. The third-order valence-corrected chi connectivity index (χ3v) is 3.89. The molecule has 1 aliphatic rings. The van der Waals surface area contributed by atoms with Crippen LogP contribution in [0.5, 0.6) is 0 Å². The summed E-state index contributed by atoms with van der Waals surface area (Å²) in [5.41, 5.74) is 4.62. The Morgan fingerprint density at radius 2 is 2.11 bits per heavy atom. The van der Waals surface area contributed by atoms with Crippen molar-refractivity contribution in [2.45, 2.75) is 32.1 Å². The lowest BCUT2D eigenvalue weighted by Crippen LogP contribution is -2.26. The topological polar surface area (TPSA) is 30.0 Å². The first kappa shape index (κ1) is 12.1. The maximum atomic E-state index is 12.3. The van der Waals surface area contributed by atoms with Crippen molar-refractivity contribution >= 4 is 5.78 Å². The Bertz CT molecular complexity index is 601. The highest BCUT2D eigenvalue weighted by Crippen LogP contribution is 2.35. The quantitative estimate of drug-likeness (QED) is 0.835. The van der Waals surface area contributed by atoms with E-state index in [9.17, 15) is 4.79 Å². The van der Waals surface area contributed by atoms with Gasteiger partial charge < -0.3 is 0 Å². The number of hydrogen-bond acceptors (Lipinski definition) is 2. The summed E-state index contributed by atoms with van der Waals surface area (Å²) >= 11 is 0. The van der Waals surface area contributed by atoms with Crippen LogP contribution in [-0.2, 0) is 24.1 Å². The number of fused-ring (bicyclic) bond motifs is 1. The standard InChI is InChI=1S/C17H17NO/c1-2-12-7-8-14(18-11-12)10-17(19)16-9-13-5-3-4-6-15(13)16/h3-8,11,16H,2,9-10H2,1H3. The number of aryl methyl sites for hydroxylation is 1. The zero-order valence-electron chi connectivity index (χ0n) is 11.1. The molecule has 1 aliphatic carbocycles. The predicted octanol–water partition coefficient (Wildman–Crippen LogP) is 3.10. The molecule has 2 heteroatoms. The van der Waals surface area contributed by atoms with Crippen LogP contribution in [0.1, 0.15) is 35.2 Å². The smallest absolute Gasteiger partial charge is 0.146 e. The lowest BCUT2D eigenvalue weighted by Gasteiger charge is -2.28. The number of nitrogens with zero attached hydrogens (tertiary/aromatic N) is 1. The van der Waals surface area contributed by atoms with Gasteiger partial charge in [0.15, 0.2) is 0 Å². The second kappa shape index (κ2) is 4.96. The fourth-order valence-electron chi connectivity index (χ4n) is 2.62. The van der Waals surface area contributed by atoms with Gasteiger partial charge in [0.25, 0.3) is 0 Å². The molecule has 0 aliphatic heterocycles. The number of hydrogen-bond donors (Lipinski definition) is 0. The van der Waals surface area contributed by atoms with Crippen LogP contribution in [0.2, 0.25) is 0 Å². The van der Waals surface area contributed by atoms with Crippen LogP contribution >= 0.6 is 0 Å². The van der Waals surface area contributed by atoms with E-state index in [0.29, 0.717) is 6.42 Å². The summed E-state index contributed by atoms with van der Waals surface area (Å²) in [4.78, 5) is 16.6. The van der Waals surface area contributed by atoms with Crippen LogP contribution in [0, 0.1) is 0 Å². The van der Waals surface area contributed by atoms with Crippen LogP contribution < -0.4 is 0 Å². The van der Waals surface area contributed by atoms with Crippen molar-refractivity contribution in [3.05, 3.63) is 65.0 Å². The monoisotopic (exact) mass is 251 g/mol. The molecule has 19 heavy (non-hydrogen) atoms. The lowest BCUT2D eigenvalue weighted by atomic mass is 9.74. The van der Waals surface area contributed by atoms with E-state index in [1.165, 1.54) is 16.7 Å². The third-order valence-electron chi connectivity index (χ3n) is 3.89. The van der Waals surface area contributed by atoms with E-state index in [-0.39, 0.29) is 11.7 Å². The fourth-order valence-corrected chi connectivity index (χ4v) is 2.62. The molecular formula is C17H17NO. The number of aromatic nitrogens is 1. The highest BCUT2D eigenvalue weighted by Gasteiger charge is 2.31. The fraction of sp³-hybridized carbons (Fsp3) is 0.294. The lowest BCUT2D eigenvalue weighted by molar-refractivity contribution is -0.120. The van der Waals surface area contributed by atoms with Crippen LogP contribution in [0.3, 0.4) is 0 Å². The van der Waals surface area contributed by atoms with Crippen LogP contribution in [0.25, 0.3) is 0 Å². The summed E-state index contributed by atoms with van der Waals surface area (Å²) in [5, 5.41) is 0. The number of ketones is 1. The Morgan fingerprint density at radius 3 is 2.79 bits per heavy atom. The van der Waals surface area contributed by atoms with Crippen molar-refractivity contribution in [3.63, 3.8) is 0 Å². The number of pyridine rings is 1. The Kier molecular flexibility index (Phi) is 3.16. The van der Waals surface area contributed by atoms with Crippen LogP contribution in [0.4, 0.5) is 0 Å². The number of carbonyl (C=O) groups is 1. The number of carbonyl (C=O) groups excluding carboxylic acids is 1. The first-order chi connectivity index (χ1) is 9.28. The Labute approximate surface area is 113 Å². The Morgan fingerprint density at radius 1 is 1.26 bits per heavy atom. The molecular weight excluding hydrogens is 234 g/mol. The zero-order chi connectivity index (χ0) is 13.2. The molecule has 96 valence electrons. The van der Waals surface area contributed by atoms with Crippen LogP contribution in [0.15, 0.2) is 42.6 Å². The molecule has 0 fully saturated rings. The predicted molar refractivity (Wildman–Crippen MR) is 75.2 cm³/mol. The molecule has 0 saturated heterocycles. The van der Waals surface area contributed by atoms with Crippen molar-refractivity contribution in [1.82, 2.24) is 4.98 Å². The second-order valence-corrected chi connectivity index (χ2v) is 5.11. The summed E-state index contributed by atoms with van der Waals surface area (Å²) in [6.45, 7) is 2.10. The summed E-state index contributed by atoms with van der Waals surface area (Å²) in [6.07, 6.45) is 4.19. The highest BCUT2D eigenvalue weighted by molar-refractivity contribution is 5.90. The van der Waals surface area contributed by atoms with Gasteiger partial charge in [-0.3, -0.25) is 9.78 Å². The van der Waals surface area contributed by atoms with Gasteiger partial charge in [0.05, 0.1) is 0 Å².